The van der Waals surface area contributed by atoms with Gasteiger partial charge in [0.25, 0.3) is 0 Å². The molecule has 0 unspecified atom stereocenters. The average molecular weight is 536 g/mol. The van der Waals surface area contributed by atoms with Crippen molar-refractivity contribution in [2.24, 2.45) is 0 Å². The maximum Gasteiger partial charge on any atom is 0.197 e. The van der Waals surface area contributed by atoms with E-state index in [-0.39, 0.29) is 0 Å². The van der Waals surface area contributed by atoms with E-state index in [2.05, 4.69) is 58.1 Å². The first-order valence-corrected chi connectivity index (χ1v) is 15.7. The summed E-state index contributed by atoms with van der Waals surface area (Å²) in [5.41, 5.74) is 6.72. The molecular weight excluding hydrogens is 498 g/mol. The van der Waals surface area contributed by atoms with Crippen molar-refractivity contribution in [3.8, 4) is 17.0 Å². The Morgan fingerprint density at radius 1 is 1.11 bits per heavy atom. The summed E-state index contributed by atoms with van der Waals surface area (Å²) < 4.78 is 31.4. The van der Waals surface area contributed by atoms with Crippen molar-refractivity contribution in [2.45, 2.75) is 64.3 Å². The second kappa shape index (κ2) is 10.0. The molecule has 2 aliphatic heterocycles. The predicted octanol–water partition coefficient (Wildman–Crippen LogP) is 5.16. The van der Waals surface area contributed by atoms with Crippen LogP contribution in [0.5, 0.6) is 5.75 Å². The van der Waals surface area contributed by atoms with Crippen LogP contribution in [0.4, 0.5) is 0 Å². The lowest BCUT2D eigenvalue weighted by Crippen LogP contribution is -2.44. The molecule has 202 valence electrons. The fourth-order valence-corrected chi connectivity index (χ4v) is 7.91. The van der Waals surface area contributed by atoms with Crippen LogP contribution in [0.15, 0.2) is 36.8 Å². The number of piperidine rings is 1. The third-order valence-electron chi connectivity index (χ3n) is 8.41. The molecule has 9 heteroatoms. The average Bonchev–Trinajstić information content (AvgIpc) is 3.53. The zero-order valence-corrected chi connectivity index (χ0v) is 23.3. The molecule has 0 saturated carbocycles. The first-order valence-electron chi connectivity index (χ1n) is 13.9. The minimum atomic E-state index is -2.82. The maximum atomic E-state index is 11.8. The van der Waals surface area contributed by atoms with Crippen molar-refractivity contribution in [2.75, 3.05) is 31.2 Å². The number of aromatic nitrogens is 4. The first kappa shape index (κ1) is 25.4. The van der Waals surface area contributed by atoms with Gasteiger partial charge in [-0.15, -0.1) is 0 Å². The van der Waals surface area contributed by atoms with Crippen molar-refractivity contribution in [1.82, 2.24) is 24.5 Å². The van der Waals surface area contributed by atoms with Crippen LogP contribution < -0.4 is 4.74 Å². The number of ether oxygens (including phenoxy) is 1. The van der Waals surface area contributed by atoms with E-state index in [1.54, 1.807) is 10.8 Å². The van der Waals surface area contributed by atoms with Crippen LogP contribution in [0.25, 0.3) is 27.8 Å². The molecule has 1 aromatic carbocycles. The van der Waals surface area contributed by atoms with Crippen molar-refractivity contribution >= 4 is 26.4 Å². The van der Waals surface area contributed by atoms with E-state index in [9.17, 15) is 8.42 Å². The molecule has 4 aromatic rings. The molecular formula is C29H37N5O3S. The molecule has 2 saturated heterocycles. The van der Waals surface area contributed by atoms with Crippen LogP contribution in [-0.2, 0) is 9.84 Å². The Morgan fingerprint density at radius 2 is 1.87 bits per heavy atom. The van der Waals surface area contributed by atoms with E-state index < -0.39 is 9.84 Å². The van der Waals surface area contributed by atoms with Gasteiger partial charge in [-0.25, -0.2) is 17.9 Å². The Balaban J connectivity index is 1.28. The summed E-state index contributed by atoms with van der Waals surface area (Å²) in [5, 5.41) is 5.66. The zero-order chi connectivity index (χ0) is 26.4. The van der Waals surface area contributed by atoms with E-state index in [4.69, 9.17) is 4.74 Å². The number of nitrogens with one attached hydrogen (secondary N) is 1. The highest BCUT2D eigenvalue weighted by atomic mass is 32.2. The molecule has 5 heterocycles. The molecule has 1 N–H and O–H groups in total. The lowest BCUT2D eigenvalue weighted by molar-refractivity contribution is 0.142. The van der Waals surface area contributed by atoms with Gasteiger partial charge in [0.1, 0.15) is 16.2 Å². The molecule has 0 aliphatic carbocycles. The zero-order valence-electron chi connectivity index (χ0n) is 22.5. The number of aromatic amines is 1. The van der Waals surface area contributed by atoms with Gasteiger partial charge in [0.15, 0.2) is 11.4 Å². The number of hydrogen-bond donors (Lipinski definition) is 1. The number of H-pyrrole nitrogens is 1. The number of nitrogens with zero attached hydrogens (tertiary/aromatic N) is 4. The van der Waals surface area contributed by atoms with Crippen molar-refractivity contribution < 1.29 is 13.2 Å². The van der Waals surface area contributed by atoms with Crippen LogP contribution in [0, 0.1) is 0 Å². The minimum Gasteiger partial charge on any atom is -0.490 e. The number of pyridine rings is 1. The second-order valence-electron chi connectivity index (χ2n) is 11.1. The number of likely N-dealkylation sites (tertiary alicyclic amines) is 1. The highest BCUT2D eigenvalue weighted by Gasteiger charge is 2.31. The monoisotopic (exact) mass is 535 g/mol. The number of sulfone groups is 1. The van der Waals surface area contributed by atoms with E-state index >= 15 is 0 Å². The van der Waals surface area contributed by atoms with Crippen LogP contribution in [0.1, 0.15) is 69.4 Å². The van der Waals surface area contributed by atoms with Gasteiger partial charge in [-0.3, -0.25) is 0 Å². The quantitative estimate of drug-likeness (QED) is 0.367. The molecule has 0 spiro atoms. The standard InChI is InChI=1S/C29H37N5O3S/c1-4-37-26-16-22(17-34-29(26)30-18-31-34)28-27(19(2)3)24-15-21(5-6-25(24)32-28)20-7-11-33(12-8-20)23-9-13-38(35,36)14-10-23/h5-6,15-20,23,32H,4,7-14H2,1-3H3. The fourth-order valence-electron chi connectivity index (χ4n) is 6.45. The molecule has 2 fully saturated rings. The van der Waals surface area contributed by atoms with E-state index in [1.165, 1.54) is 16.5 Å². The Labute approximate surface area is 224 Å². The fraction of sp³-hybridized carbons (Fsp3) is 0.517. The normalized spacial score (nSPS) is 19.6. The second-order valence-corrected chi connectivity index (χ2v) is 13.4. The summed E-state index contributed by atoms with van der Waals surface area (Å²) in [6.07, 6.45) is 7.38. The topological polar surface area (TPSA) is 92.6 Å². The summed E-state index contributed by atoms with van der Waals surface area (Å²) in [6.45, 7) is 9.13. The van der Waals surface area contributed by atoms with E-state index in [0.29, 0.717) is 36.0 Å². The molecule has 0 bridgehead atoms. The Hall–Kier alpha value is -2.91. The van der Waals surface area contributed by atoms with Gasteiger partial charge in [0, 0.05) is 28.7 Å². The van der Waals surface area contributed by atoms with E-state index in [1.807, 2.05) is 13.1 Å². The summed E-state index contributed by atoms with van der Waals surface area (Å²) in [6, 6.07) is 9.40. The summed E-state index contributed by atoms with van der Waals surface area (Å²) in [5.74, 6) is 2.28. The third-order valence-corrected chi connectivity index (χ3v) is 10.1. The predicted molar refractivity (Wildman–Crippen MR) is 151 cm³/mol. The maximum absolute atomic E-state index is 11.8. The van der Waals surface area contributed by atoms with E-state index in [0.717, 1.165) is 66.9 Å². The molecule has 0 amide bonds. The van der Waals surface area contributed by atoms with Crippen molar-refractivity contribution in [3.63, 3.8) is 0 Å². The number of rotatable bonds is 6. The minimum absolute atomic E-state index is 0.334. The van der Waals surface area contributed by atoms with Gasteiger partial charge in [-0.05, 0) is 86.9 Å². The number of hydrogen-bond acceptors (Lipinski definition) is 6. The van der Waals surface area contributed by atoms with Crippen molar-refractivity contribution in [3.05, 3.63) is 47.9 Å². The SMILES string of the molecule is CCOc1cc(-c2[nH]c3ccc(C4CCN(C5CCS(=O)(=O)CC5)CC4)cc3c2C(C)C)cn2ncnc12. The molecule has 2 aliphatic rings. The molecule has 3 aromatic heterocycles. The Bertz CT molecular complexity index is 1550. The highest BCUT2D eigenvalue weighted by Crippen LogP contribution is 2.39. The van der Waals surface area contributed by atoms with Gasteiger partial charge < -0.3 is 14.6 Å². The van der Waals surface area contributed by atoms with Gasteiger partial charge in [0.2, 0.25) is 0 Å². The number of fused-ring (bicyclic) bond motifs is 2. The van der Waals surface area contributed by atoms with Gasteiger partial charge >= 0.3 is 0 Å². The van der Waals surface area contributed by atoms with Crippen LogP contribution in [0.3, 0.4) is 0 Å². The van der Waals surface area contributed by atoms with Crippen LogP contribution in [0.2, 0.25) is 0 Å². The first-order chi connectivity index (χ1) is 18.3. The van der Waals surface area contributed by atoms with Crippen LogP contribution >= 0.6 is 0 Å². The Morgan fingerprint density at radius 3 is 2.58 bits per heavy atom. The molecule has 38 heavy (non-hydrogen) atoms. The lowest BCUT2D eigenvalue weighted by atomic mass is 9.87. The molecule has 0 radical (unpaired) electrons. The summed E-state index contributed by atoms with van der Waals surface area (Å²) in [7, 11) is -2.82. The smallest absolute Gasteiger partial charge is 0.197 e. The molecule has 8 nitrogen and oxygen atoms in total. The highest BCUT2D eigenvalue weighted by molar-refractivity contribution is 7.91. The third kappa shape index (κ3) is 4.71. The largest absolute Gasteiger partial charge is 0.490 e. The summed E-state index contributed by atoms with van der Waals surface area (Å²) >= 11 is 0. The number of benzene rings is 1. The Kier molecular flexibility index (Phi) is 6.68. The van der Waals surface area contributed by atoms with Gasteiger partial charge in [0.05, 0.1) is 23.8 Å². The van der Waals surface area contributed by atoms with Gasteiger partial charge in [-0.1, -0.05) is 19.9 Å². The van der Waals surface area contributed by atoms with Crippen molar-refractivity contribution in [1.29, 1.82) is 0 Å². The summed E-state index contributed by atoms with van der Waals surface area (Å²) in [4.78, 5) is 10.6. The molecule has 0 atom stereocenters. The van der Waals surface area contributed by atoms with Crippen LogP contribution in [-0.4, -0.2) is 70.1 Å². The lowest BCUT2D eigenvalue weighted by Gasteiger charge is -2.39. The van der Waals surface area contributed by atoms with Gasteiger partial charge in [-0.2, -0.15) is 5.10 Å². The molecule has 6 rings (SSSR count).